The zero-order valence-corrected chi connectivity index (χ0v) is 25.5. The lowest BCUT2D eigenvalue weighted by atomic mass is 10.0. The standard InChI is InChI=1S/C34H35FN6O3/c1-19-11-24(25-15-36-22(4)37-16-25)12-26-31(21(3)42)39-40(32(19)26)18-30(43)41-28(13-34(5)14-29(34)41)33(44)38-17-27(35)20(2)23-9-7-6-8-10-23/h6-12,15-16,28-29H,13-14,17-18H2,1-5H3,(H,38,44)/b27-20+/t28-,29+,34-/m0/s1. The van der Waals surface area contributed by atoms with Gasteiger partial charge in [-0.1, -0.05) is 37.3 Å². The monoisotopic (exact) mass is 594 g/mol. The predicted molar refractivity (Wildman–Crippen MR) is 165 cm³/mol. The molecule has 1 aliphatic carbocycles. The number of carbonyl (C=O) groups excluding carboxylic acids is 3. The molecule has 2 aromatic heterocycles. The van der Waals surface area contributed by atoms with Gasteiger partial charge in [-0.05, 0) is 73.4 Å². The number of nitrogens with one attached hydrogen (secondary N) is 1. The maximum atomic E-state index is 15.0. The molecule has 3 atom stereocenters. The fraction of sp³-hybridized carbons (Fsp3) is 0.353. The summed E-state index contributed by atoms with van der Waals surface area (Å²) in [6.45, 7) is 8.55. The van der Waals surface area contributed by atoms with Gasteiger partial charge in [-0.25, -0.2) is 14.4 Å². The van der Waals surface area contributed by atoms with Crippen molar-refractivity contribution in [3.8, 4) is 11.1 Å². The molecule has 10 heteroatoms. The molecule has 226 valence electrons. The summed E-state index contributed by atoms with van der Waals surface area (Å²) >= 11 is 0. The smallest absolute Gasteiger partial charge is 0.245 e. The molecule has 1 saturated heterocycles. The van der Waals surface area contributed by atoms with Crippen molar-refractivity contribution in [2.75, 3.05) is 6.54 Å². The van der Waals surface area contributed by atoms with Gasteiger partial charge in [0.05, 0.1) is 12.1 Å². The van der Waals surface area contributed by atoms with E-state index in [0.717, 1.165) is 28.7 Å². The summed E-state index contributed by atoms with van der Waals surface area (Å²) in [6, 6.07) is 12.2. The van der Waals surface area contributed by atoms with Crippen LogP contribution < -0.4 is 5.32 Å². The Morgan fingerprint density at radius 1 is 1.02 bits per heavy atom. The third kappa shape index (κ3) is 5.29. The molecule has 2 aromatic carbocycles. The maximum Gasteiger partial charge on any atom is 0.245 e. The quantitative estimate of drug-likeness (QED) is 0.281. The van der Waals surface area contributed by atoms with Crippen molar-refractivity contribution < 1.29 is 18.8 Å². The van der Waals surface area contributed by atoms with Crippen LogP contribution in [0.2, 0.25) is 0 Å². The topological polar surface area (TPSA) is 110 Å². The van der Waals surface area contributed by atoms with E-state index in [4.69, 9.17) is 0 Å². The summed E-state index contributed by atoms with van der Waals surface area (Å²) in [7, 11) is 0. The number of amides is 2. The second-order valence-electron chi connectivity index (χ2n) is 12.3. The number of carbonyl (C=O) groups is 3. The first-order chi connectivity index (χ1) is 21.0. The maximum absolute atomic E-state index is 15.0. The Morgan fingerprint density at radius 2 is 1.73 bits per heavy atom. The third-order valence-electron chi connectivity index (χ3n) is 9.02. The first-order valence-corrected chi connectivity index (χ1v) is 14.8. The zero-order valence-electron chi connectivity index (χ0n) is 25.5. The molecule has 0 spiro atoms. The van der Waals surface area contributed by atoms with Crippen molar-refractivity contribution in [3.05, 3.63) is 83.3 Å². The molecule has 2 amide bonds. The highest BCUT2D eigenvalue weighted by Crippen LogP contribution is 2.59. The van der Waals surface area contributed by atoms with E-state index in [1.54, 1.807) is 28.9 Å². The Labute approximate surface area is 255 Å². The van der Waals surface area contributed by atoms with Gasteiger partial charge in [-0.2, -0.15) is 5.10 Å². The highest BCUT2D eigenvalue weighted by Gasteiger charge is 2.64. The van der Waals surface area contributed by atoms with Gasteiger partial charge < -0.3 is 10.2 Å². The summed E-state index contributed by atoms with van der Waals surface area (Å²) in [5.41, 5.74) is 4.51. The lowest BCUT2D eigenvalue weighted by Crippen LogP contribution is -2.49. The molecular formula is C34H35FN6O3. The van der Waals surface area contributed by atoms with Crippen LogP contribution >= 0.6 is 0 Å². The van der Waals surface area contributed by atoms with E-state index >= 15 is 0 Å². The van der Waals surface area contributed by atoms with Gasteiger partial charge in [0.25, 0.3) is 0 Å². The SMILES string of the molecule is CC(=O)c1nn(CC(=O)N2[C@H](C(=O)NC/C(F)=C(/C)c3ccccc3)C[C@@]3(C)C[C@@H]23)c2c(C)cc(-c3cnc(C)nc3)cc12. The molecule has 0 bridgehead atoms. The molecule has 44 heavy (non-hydrogen) atoms. The van der Waals surface area contributed by atoms with E-state index in [0.29, 0.717) is 28.7 Å². The normalized spacial score (nSPS) is 21.2. The molecule has 9 nitrogen and oxygen atoms in total. The predicted octanol–water partition coefficient (Wildman–Crippen LogP) is 5.21. The summed E-state index contributed by atoms with van der Waals surface area (Å²) in [5, 5.41) is 7.94. The third-order valence-corrected chi connectivity index (χ3v) is 9.02. The van der Waals surface area contributed by atoms with Crippen molar-refractivity contribution in [1.29, 1.82) is 0 Å². The van der Waals surface area contributed by atoms with Gasteiger partial charge in [0.15, 0.2) is 5.78 Å². The molecule has 0 unspecified atom stereocenters. The highest BCUT2D eigenvalue weighted by atomic mass is 19.1. The number of Topliss-reactive ketones (excluding diaryl/α,β-unsaturated/α-hetero) is 1. The van der Waals surface area contributed by atoms with Crippen molar-refractivity contribution in [1.82, 2.24) is 30.0 Å². The summed E-state index contributed by atoms with van der Waals surface area (Å²) in [5.74, 6) is -0.621. The molecular weight excluding hydrogens is 559 g/mol. The van der Waals surface area contributed by atoms with Crippen LogP contribution in [0.4, 0.5) is 4.39 Å². The van der Waals surface area contributed by atoms with Gasteiger partial charge in [0.2, 0.25) is 11.8 Å². The van der Waals surface area contributed by atoms with Gasteiger partial charge >= 0.3 is 0 Å². The Balaban J connectivity index is 1.25. The first kappa shape index (κ1) is 29.3. The molecule has 1 aliphatic heterocycles. The van der Waals surface area contributed by atoms with E-state index < -0.39 is 11.9 Å². The van der Waals surface area contributed by atoms with E-state index in [1.165, 1.54) is 6.92 Å². The van der Waals surface area contributed by atoms with E-state index in [9.17, 15) is 18.8 Å². The van der Waals surface area contributed by atoms with Crippen LogP contribution in [0.3, 0.4) is 0 Å². The molecule has 1 saturated carbocycles. The van der Waals surface area contributed by atoms with E-state index in [2.05, 4.69) is 27.3 Å². The average molecular weight is 595 g/mol. The van der Waals surface area contributed by atoms with E-state index in [-0.39, 0.29) is 47.8 Å². The number of aromatic nitrogens is 4. The number of hydrogen-bond donors (Lipinski definition) is 1. The van der Waals surface area contributed by atoms with Crippen LogP contribution in [-0.2, 0) is 16.1 Å². The summed E-state index contributed by atoms with van der Waals surface area (Å²) in [4.78, 5) is 50.1. The number of halogens is 1. The van der Waals surface area contributed by atoms with Crippen LogP contribution in [-0.4, -0.2) is 60.9 Å². The number of nitrogens with zero attached hydrogens (tertiary/aromatic N) is 5. The average Bonchev–Trinajstić information content (AvgIpc) is 3.35. The number of fused-ring (bicyclic) bond motifs is 2. The molecule has 2 aliphatic rings. The molecule has 2 fully saturated rings. The fourth-order valence-electron chi connectivity index (χ4n) is 6.44. The van der Waals surface area contributed by atoms with Crippen LogP contribution in [0.5, 0.6) is 0 Å². The number of allylic oxidation sites excluding steroid dienone is 1. The first-order valence-electron chi connectivity index (χ1n) is 14.8. The number of rotatable bonds is 8. The minimum absolute atomic E-state index is 0.0689. The van der Waals surface area contributed by atoms with Gasteiger partial charge in [0.1, 0.15) is 29.9 Å². The fourth-order valence-corrected chi connectivity index (χ4v) is 6.44. The van der Waals surface area contributed by atoms with Crippen LogP contribution in [0.15, 0.2) is 60.7 Å². The Morgan fingerprint density at radius 3 is 2.41 bits per heavy atom. The number of piperidine rings is 1. The van der Waals surface area contributed by atoms with Gasteiger partial charge in [0, 0.05) is 36.3 Å². The number of hydrogen-bond acceptors (Lipinski definition) is 6. The second kappa shape index (κ2) is 11.1. The van der Waals surface area contributed by atoms with Crippen molar-refractivity contribution >= 4 is 34.1 Å². The molecule has 0 radical (unpaired) electrons. The van der Waals surface area contributed by atoms with Crippen LogP contribution in [0.1, 0.15) is 61.1 Å². The Kier molecular flexibility index (Phi) is 7.39. The van der Waals surface area contributed by atoms with E-state index in [1.807, 2.05) is 56.3 Å². The number of benzene rings is 2. The van der Waals surface area contributed by atoms with Crippen LogP contribution in [0, 0.1) is 19.3 Å². The molecule has 1 N–H and O–H groups in total. The number of ketones is 1. The Bertz CT molecular complexity index is 1830. The largest absolute Gasteiger partial charge is 0.348 e. The van der Waals surface area contributed by atoms with Gasteiger partial charge in [-0.3, -0.25) is 19.1 Å². The summed E-state index contributed by atoms with van der Waals surface area (Å²) in [6.07, 6.45) is 4.79. The van der Waals surface area contributed by atoms with Crippen LogP contribution in [0.25, 0.3) is 27.6 Å². The number of aryl methyl sites for hydroxylation is 2. The van der Waals surface area contributed by atoms with Crippen molar-refractivity contribution in [3.63, 3.8) is 0 Å². The van der Waals surface area contributed by atoms with Crippen molar-refractivity contribution in [2.45, 2.75) is 66.1 Å². The number of likely N-dealkylation sites (tertiary alicyclic amines) is 1. The summed E-state index contributed by atoms with van der Waals surface area (Å²) < 4.78 is 16.5. The lowest BCUT2D eigenvalue weighted by Gasteiger charge is -2.27. The minimum Gasteiger partial charge on any atom is -0.348 e. The van der Waals surface area contributed by atoms with Crippen molar-refractivity contribution in [2.24, 2.45) is 5.41 Å². The molecule has 3 heterocycles. The minimum atomic E-state index is -0.709. The highest BCUT2D eigenvalue weighted by molar-refractivity contribution is 6.07. The zero-order chi connectivity index (χ0) is 31.3. The Hall–Kier alpha value is -4.73. The van der Waals surface area contributed by atoms with Gasteiger partial charge in [-0.15, -0.1) is 0 Å². The molecule has 6 rings (SSSR count). The molecule has 4 aromatic rings. The second-order valence-corrected chi connectivity index (χ2v) is 12.3. The lowest BCUT2D eigenvalue weighted by molar-refractivity contribution is -0.140.